The van der Waals surface area contributed by atoms with Crippen LogP contribution in [0.1, 0.15) is 52.8 Å². The number of carbonyl (C=O) groups excluding carboxylic acids is 2. The van der Waals surface area contributed by atoms with Crippen LogP contribution in [-0.2, 0) is 9.53 Å². The van der Waals surface area contributed by atoms with E-state index in [2.05, 4.69) is 4.74 Å². The highest BCUT2D eigenvalue weighted by molar-refractivity contribution is 6.05. The molecule has 114 valence electrons. The second-order valence-corrected chi connectivity index (χ2v) is 4.50. The third kappa shape index (κ3) is 5.74. The van der Waals surface area contributed by atoms with E-state index in [0.29, 0.717) is 12.8 Å². The van der Waals surface area contributed by atoms with E-state index in [1.54, 1.807) is 0 Å². The number of unbranched alkanes of at least 4 members (excludes halogenated alkanes) is 3. The van der Waals surface area contributed by atoms with Crippen molar-refractivity contribution in [1.29, 1.82) is 0 Å². The molecule has 6 nitrogen and oxygen atoms in total. The van der Waals surface area contributed by atoms with Gasteiger partial charge in [0.2, 0.25) is 0 Å². The van der Waals surface area contributed by atoms with E-state index in [4.69, 9.17) is 10.2 Å². The van der Waals surface area contributed by atoms with Gasteiger partial charge in [-0.15, -0.1) is 0 Å². The Balaban J connectivity index is 2.50. The fraction of sp³-hybridized carbons (Fsp3) is 0.400. The molecule has 6 heteroatoms. The van der Waals surface area contributed by atoms with E-state index < -0.39 is 17.9 Å². The summed E-state index contributed by atoms with van der Waals surface area (Å²) < 4.78 is 4.64. The minimum atomic E-state index is -1.25. The van der Waals surface area contributed by atoms with Gasteiger partial charge in [0.15, 0.2) is 0 Å². The Labute approximate surface area is 122 Å². The highest BCUT2D eigenvalue weighted by atomic mass is 16.6. The molecule has 0 aliphatic carbocycles. The van der Waals surface area contributed by atoms with Crippen LogP contribution in [0.25, 0.3) is 0 Å². The molecule has 0 heterocycles. The molecule has 0 amide bonds. The zero-order valence-electron chi connectivity index (χ0n) is 11.6. The number of rotatable bonds is 8. The molecule has 0 unspecified atom stereocenters. The normalized spacial score (nSPS) is 10.1. The van der Waals surface area contributed by atoms with Crippen molar-refractivity contribution >= 4 is 17.9 Å². The Morgan fingerprint density at radius 2 is 1.57 bits per heavy atom. The summed E-state index contributed by atoms with van der Waals surface area (Å²) in [7, 11) is 0. The standard InChI is InChI=1S/C15H18O6/c16-10-6-2-1-3-9-13(17)21-15(20)12-8-5-4-7-11(12)14(18)19/h4-5,7-8,16H,1-3,6,9-10H2,(H,18,19). The number of hydrogen-bond donors (Lipinski definition) is 2. The first kappa shape index (κ1) is 16.8. The zero-order chi connectivity index (χ0) is 15.7. The van der Waals surface area contributed by atoms with Crippen molar-refractivity contribution in [2.75, 3.05) is 6.61 Å². The van der Waals surface area contributed by atoms with E-state index in [1.807, 2.05) is 0 Å². The number of hydrogen-bond acceptors (Lipinski definition) is 5. The number of aliphatic hydroxyl groups is 1. The van der Waals surface area contributed by atoms with Crippen molar-refractivity contribution in [3.05, 3.63) is 35.4 Å². The van der Waals surface area contributed by atoms with Crippen LogP contribution in [0.2, 0.25) is 0 Å². The lowest BCUT2D eigenvalue weighted by atomic mass is 10.1. The van der Waals surface area contributed by atoms with Gasteiger partial charge in [0, 0.05) is 13.0 Å². The Morgan fingerprint density at radius 3 is 2.19 bits per heavy atom. The molecule has 0 fully saturated rings. The first-order chi connectivity index (χ1) is 10.1. The number of carboxylic acid groups (broad SMARTS) is 1. The summed E-state index contributed by atoms with van der Waals surface area (Å²) in [5.74, 6) is -2.88. The van der Waals surface area contributed by atoms with Gasteiger partial charge in [-0.3, -0.25) is 4.79 Å². The van der Waals surface area contributed by atoms with Gasteiger partial charge in [0.05, 0.1) is 11.1 Å². The summed E-state index contributed by atoms with van der Waals surface area (Å²) in [4.78, 5) is 34.2. The Morgan fingerprint density at radius 1 is 0.952 bits per heavy atom. The highest BCUT2D eigenvalue weighted by Gasteiger charge is 2.19. The number of carbonyl (C=O) groups is 3. The quantitative estimate of drug-likeness (QED) is 0.432. The van der Waals surface area contributed by atoms with Crippen LogP contribution in [0, 0.1) is 0 Å². The van der Waals surface area contributed by atoms with Crippen molar-refractivity contribution in [3.63, 3.8) is 0 Å². The SMILES string of the molecule is O=C(CCCCCCO)OC(=O)c1ccccc1C(=O)O. The topological polar surface area (TPSA) is 101 Å². The summed E-state index contributed by atoms with van der Waals surface area (Å²) in [6.45, 7) is 0.120. The first-order valence-corrected chi connectivity index (χ1v) is 6.74. The van der Waals surface area contributed by atoms with Crippen molar-refractivity contribution in [2.45, 2.75) is 32.1 Å². The van der Waals surface area contributed by atoms with Crippen LogP contribution >= 0.6 is 0 Å². The third-order valence-electron chi connectivity index (χ3n) is 2.87. The second-order valence-electron chi connectivity index (χ2n) is 4.50. The second kappa shape index (κ2) is 8.86. The largest absolute Gasteiger partial charge is 0.478 e. The van der Waals surface area contributed by atoms with Crippen LogP contribution in [-0.4, -0.2) is 34.7 Å². The number of carboxylic acids is 1. The zero-order valence-corrected chi connectivity index (χ0v) is 11.6. The van der Waals surface area contributed by atoms with E-state index in [1.165, 1.54) is 24.3 Å². The van der Waals surface area contributed by atoms with Crippen LogP contribution in [0.5, 0.6) is 0 Å². The minimum absolute atomic E-state index is 0.0897. The Bertz CT molecular complexity index is 509. The molecule has 0 aliphatic heterocycles. The van der Waals surface area contributed by atoms with E-state index in [-0.39, 0.29) is 24.2 Å². The molecular weight excluding hydrogens is 276 g/mol. The molecule has 1 aromatic carbocycles. The predicted molar refractivity (Wildman–Crippen MR) is 74.0 cm³/mol. The molecule has 1 rings (SSSR count). The summed E-state index contributed by atoms with van der Waals surface area (Å²) in [5, 5.41) is 17.6. The monoisotopic (exact) mass is 294 g/mol. The molecule has 0 radical (unpaired) electrons. The van der Waals surface area contributed by atoms with Crippen LogP contribution in [0.4, 0.5) is 0 Å². The molecule has 2 N–H and O–H groups in total. The smallest absolute Gasteiger partial charge is 0.346 e. The van der Waals surface area contributed by atoms with E-state index in [9.17, 15) is 14.4 Å². The number of benzene rings is 1. The number of aliphatic hydroxyl groups excluding tert-OH is 1. The van der Waals surface area contributed by atoms with E-state index >= 15 is 0 Å². The minimum Gasteiger partial charge on any atom is -0.478 e. The maximum Gasteiger partial charge on any atom is 0.346 e. The van der Waals surface area contributed by atoms with Gasteiger partial charge in [0.25, 0.3) is 0 Å². The van der Waals surface area contributed by atoms with Crippen molar-refractivity contribution in [1.82, 2.24) is 0 Å². The van der Waals surface area contributed by atoms with Crippen molar-refractivity contribution in [3.8, 4) is 0 Å². The Hall–Kier alpha value is -2.21. The predicted octanol–water partition coefficient (Wildman–Crippen LogP) is 2.01. The molecule has 0 saturated carbocycles. The number of ether oxygens (including phenoxy) is 1. The summed E-state index contributed by atoms with van der Waals surface area (Å²) in [6, 6.07) is 5.57. The van der Waals surface area contributed by atoms with Crippen molar-refractivity contribution in [2.24, 2.45) is 0 Å². The molecule has 1 aromatic rings. The van der Waals surface area contributed by atoms with Gasteiger partial charge in [-0.25, -0.2) is 9.59 Å². The first-order valence-electron chi connectivity index (χ1n) is 6.74. The lowest BCUT2D eigenvalue weighted by molar-refractivity contribution is -0.138. The number of esters is 2. The average molecular weight is 294 g/mol. The summed E-state index contributed by atoms with van der Waals surface area (Å²) >= 11 is 0. The van der Waals surface area contributed by atoms with Gasteiger partial charge in [-0.2, -0.15) is 0 Å². The lowest BCUT2D eigenvalue weighted by Crippen LogP contribution is -2.15. The Kier molecular flexibility index (Phi) is 7.11. The van der Waals surface area contributed by atoms with Crippen LogP contribution in [0.3, 0.4) is 0 Å². The maximum atomic E-state index is 11.8. The molecule has 0 atom stereocenters. The van der Waals surface area contributed by atoms with Gasteiger partial charge in [-0.05, 0) is 25.0 Å². The molecule has 0 aromatic heterocycles. The molecule has 0 spiro atoms. The van der Waals surface area contributed by atoms with Gasteiger partial charge < -0.3 is 14.9 Å². The fourth-order valence-corrected chi connectivity index (χ4v) is 1.79. The van der Waals surface area contributed by atoms with E-state index in [0.717, 1.165) is 12.8 Å². The molecule has 0 aliphatic rings. The van der Waals surface area contributed by atoms with Crippen LogP contribution in [0.15, 0.2) is 24.3 Å². The summed E-state index contributed by atoms with van der Waals surface area (Å²) in [6.07, 6.45) is 2.90. The maximum absolute atomic E-state index is 11.8. The highest BCUT2D eigenvalue weighted by Crippen LogP contribution is 2.11. The fourth-order valence-electron chi connectivity index (χ4n) is 1.79. The molecule has 0 saturated heterocycles. The molecular formula is C15H18O6. The summed E-state index contributed by atoms with van der Waals surface area (Å²) in [5.41, 5.74) is -0.336. The van der Waals surface area contributed by atoms with Crippen LogP contribution < -0.4 is 0 Å². The van der Waals surface area contributed by atoms with Crippen molar-refractivity contribution < 1.29 is 29.3 Å². The molecule has 21 heavy (non-hydrogen) atoms. The van der Waals surface area contributed by atoms with Gasteiger partial charge in [-0.1, -0.05) is 25.0 Å². The van der Waals surface area contributed by atoms with Gasteiger partial charge >= 0.3 is 17.9 Å². The van der Waals surface area contributed by atoms with Gasteiger partial charge in [0.1, 0.15) is 0 Å². The number of aromatic carboxylic acids is 1. The molecule has 0 bridgehead atoms. The third-order valence-corrected chi connectivity index (χ3v) is 2.87. The average Bonchev–Trinajstić information content (AvgIpc) is 2.47. The lowest BCUT2D eigenvalue weighted by Gasteiger charge is -2.05.